The molecule has 0 aliphatic rings. The van der Waals surface area contributed by atoms with Crippen LogP contribution in [0.4, 0.5) is 5.69 Å². The SMILES string of the molecule is CCc1nccc(-c2cccnc2Oc2cc(NC(=O)c3cccc(C(C)C)c3)ccc2C)n1. The molecule has 0 aliphatic carbocycles. The van der Waals surface area contributed by atoms with Gasteiger partial charge < -0.3 is 10.1 Å². The normalized spacial score (nSPS) is 10.9. The van der Waals surface area contributed by atoms with Crippen molar-refractivity contribution in [1.82, 2.24) is 15.0 Å². The number of hydrogen-bond acceptors (Lipinski definition) is 5. The van der Waals surface area contributed by atoms with Gasteiger partial charge in [-0.25, -0.2) is 15.0 Å². The summed E-state index contributed by atoms with van der Waals surface area (Å²) in [5.41, 5.74) is 4.85. The van der Waals surface area contributed by atoms with Crippen molar-refractivity contribution in [2.24, 2.45) is 0 Å². The monoisotopic (exact) mass is 452 g/mol. The van der Waals surface area contributed by atoms with E-state index in [2.05, 4.69) is 34.1 Å². The first-order valence-electron chi connectivity index (χ1n) is 11.4. The van der Waals surface area contributed by atoms with Gasteiger partial charge in [0, 0.05) is 36.1 Å². The Morgan fingerprint density at radius 1 is 1.00 bits per heavy atom. The van der Waals surface area contributed by atoms with Crippen LogP contribution in [0.15, 0.2) is 73.1 Å². The Hall–Kier alpha value is -4.06. The molecule has 0 bridgehead atoms. The highest BCUT2D eigenvalue weighted by Gasteiger charge is 2.14. The zero-order valence-corrected chi connectivity index (χ0v) is 19.9. The zero-order valence-electron chi connectivity index (χ0n) is 19.9. The van der Waals surface area contributed by atoms with Crippen LogP contribution in [-0.2, 0) is 6.42 Å². The molecule has 0 fully saturated rings. The van der Waals surface area contributed by atoms with E-state index >= 15 is 0 Å². The molecule has 0 aliphatic heterocycles. The van der Waals surface area contributed by atoms with E-state index in [1.807, 2.05) is 74.5 Å². The molecule has 0 atom stereocenters. The molecular weight excluding hydrogens is 424 g/mol. The van der Waals surface area contributed by atoms with Crippen molar-refractivity contribution in [2.75, 3.05) is 5.32 Å². The highest BCUT2D eigenvalue weighted by Crippen LogP contribution is 2.33. The van der Waals surface area contributed by atoms with Crippen LogP contribution < -0.4 is 10.1 Å². The van der Waals surface area contributed by atoms with Gasteiger partial charge >= 0.3 is 0 Å². The smallest absolute Gasteiger partial charge is 0.255 e. The van der Waals surface area contributed by atoms with Gasteiger partial charge in [0.15, 0.2) is 0 Å². The number of pyridine rings is 1. The molecular formula is C28H28N4O2. The van der Waals surface area contributed by atoms with E-state index in [1.54, 1.807) is 12.4 Å². The number of carbonyl (C=O) groups is 1. The van der Waals surface area contributed by atoms with Crippen molar-refractivity contribution in [1.29, 1.82) is 0 Å². The van der Waals surface area contributed by atoms with Gasteiger partial charge in [0.1, 0.15) is 11.6 Å². The third kappa shape index (κ3) is 5.29. The zero-order chi connectivity index (χ0) is 24.1. The number of hydrogen-bond donors (Lipinski definition) is 1. The number of ether oxygens (including phenoxy) is 1. The number of amides is 1. The maximum Gasteiger partial charge on any atom is 0.255 e. The number of nitrogens with zero attached hydrogens (tertiary/aromatic N) is 3. The lowest BCUT2D eigenvalue weighted by molar-refractivity contribution is 0.102. The summed E-state index contributed by atoms with van der Waals surface area (Å²) in [6.45, 7) is 8.19. The minimum absolute atomic E-state index is 0.163. The van der Waals surface area contributed by atoms with Gasteiger partial charge in [0.05, 0.1) is 11.3 Å². The van der Waals surface area contributed by atoms with Crippen molar-refractivity contribution >= 4 is 11.6 Å². The summed E-state index contributed by atoms with van der Waals surface area (Å²) in [5.74, 6) is 2.00. The van der Waals surface area contributed by atoms with Crippen LogP contribution in [0.25, 0.3) is 11.3 Å². The van der Waals surface area contributed by atoms with Crippen molar-refractivity contribution in [3.05, 3.63) is 95.6 Å². The van der Waals surface area contributed by atoms with Gasteiger partial charge in [-0.05, 0) is 60.4 Å². The average molecular weight is 453 g/mol. The van der Waals surface area contributed by atoms with E-state index in [9.17, 15) is 4.79 Å². The van der Waals surface area contributed by atoms with Crippen molar-refractivity contribution in [3.63, 3.8) is 0 Å². The number of anilines is 1. The lowest BCUT2D eigenvalue weighted by atomic mass is 10.0. The molecule has 2 heterocycles. The number of rotatable bonds is 7. The molecule has 0 saturated carbocycles. The van der Waals surface area contributed by atoms with Gasteiger partial charge in [-0.1, -0.05) is 39.0 Å². The second-order valence-corrected chi connectivity index (χ2v) is 8.38. The van der Waals surface area contributed by atoms with Gasteiger partial charge in [-0.15, -0.1) is 0 Å². The summed E-state index contributed by atoms with van der Waals surface area (Å²) >= 11 is 0. The summed E-state index contributed by atoms with van der Waals surface area (Å²) in [5, 5.41) is 2.98. The Morgan fingerprint density at radius 2 is 1.85 bits per heavy atom. The van der Waals surface area contributed by atoms with Crippen LogP contribution >= 0.6 is 0 Å². The van der Waals surface area contributed by atoms with Crippen LogP contribution in [0.2, 0.25) is 0 Å². The largest absolute Gasteiger partial charge is 0.438 e. The molecule has 1 N–H and O–H groups in total. The number of aromatic nitrogens is 3. The van der Waals surface area contributed by atoms with E-state index in [4.69, 9.17) is 4.74 Å². The number of benzene rings is 2. The van der Waals surface area contributed by atoms with Gasteiger partial charge in [-0.2, -0.15) is 0 Å². The Bertz CT molecular complexity index is 1320. The molecule has 0 unspecified atom stereocenters. The third-order valence-corrected chi connectivity index (χ3v) is 5.54. The van der Waals surface area contributed by atoms with Crippen molar-refractivity contribution in [2.45, 2.75) is 40.0 Å². The fraction of sp³-hybridized carbons (Fsp3) is 0.214. The quantitative estimate of drug-likeness (QED) is 0.343. The van der Waals surface area contributed by atoms with E-state index in [0.29, 0.717) is 28.8 Å². The Balaban J connectivity index is 1.59. The van der Waals surface area contributed by atoms with Gasteiger partial charge in [0.25, 0.3) is 5.91 Å². The molecule has 2 aromatic carbocycles. The van der Waals surface area contributed by atoms with Gasteiger partial charge in [0.2, 0.25) is 5.88 Å². The Kier molecular flexibility index (Phi) is 6.97. The van der Waals surface area contributed by atoms with Crippen molar-refractivity contribution in [3.8, 4) is 22.9 Å². The summed E-state index contributed by atoms with van der Waals surface area (Å²) in [7, 11) is 0. The molecule has 4 aromatic rings. The summed E-state index contributed by atoms with van der Waals surface area (Å²) < 4.78 is 6.22. The fourth-order valence-electron chi connectivity index (χ4n) is 3.52. The highest BCUT2D eigenvalue weighted by atomic mass is 16.5. The topological polar surface area (TPSA) is 77.0 Å². The highest BCUT2D eigenvalue weighted by molar-refractivity contribution is 6.04. The Morgan fingerprint density at radius 3 is 2.65 bits per heavy atom. The minimum Gasteiger partial charge on any atom is -0.438 e. The molecule has 2 aromatic heterocycles. The van der Waals surface area contributed by atoms with E-state index < -0.39 is 0 Å². The maximum atomic E-state index is 12.9. The van der Waals surface area contributed by atoms with Gasteiger partial charge in [-0.3, -0.25) is 4.79 Å². The molecule has 1 amide bonds. The minimum atomic E-state index is -0.163. The molecule has 4 rings (SSSR count). The average Bonchev–Trinajstić information content (AvgIpc) is 2.86. The molecule has 0 radical (unpaired) electrons. The van der Waals surface area contributed by atoms with Crippen LogP contribution in [0, 0.1) is 6.92 Å². The summed E-state index contributed by atoms with van der Waals surface area (Å²) in [6, 6.07) is 18.9. The van der Waals surface area contributed by atoms with E-state index in [0.717, 1.165) is 34.6 Å². The maximum absolute atomic E-state index is 12.9. The number of aryl methyl sites for hydroxylation is 2. The molecule has 172 valence electrons. The standard InChI is InChI=1S/C28H28N4O2/c1-5-26-29-15-13-24(32-26)23-10-7-14-30-28(23)34-25-17-22(12-11-19(25)4)31-27(33)21-9-6-8-20(16-21)18(2)3/h6-18H,5H2,1-4H3,(H,31,33). The van der Waals surface area contributed by atoms with Crippen LogP contribution in [0.3, 0.4) is 0 Å². The lowest BCUT2D eigenvalue weighted by Gasteiger charge is -2.14. The first-order chi connectivity index (χ1) is 16.4. The Labute approximate surface area is 200 Å². The molecule has 34 heavy (non-hydrogen) atoms. The third-order valence-electron chi connectivity index (χ3n) is 5.54. The number of nitrogens with one attached hydrogen (secondary N) is 1. The fourth-order valence-corrected chi connectivity index (χ4v) is 3.52. The second-order valence-electron chi connectivity index (χ2n) is 8.38. The number of carbonyl (C=O) groups excluding carboxylic acids is 1. The first-order valence-corrected chi connectivity index (χ1v) is 11.4. The predicted octanol–water partition coefficient (Wildman–Crippen LogP) is 6.58. The molecule has 6 nitrogen and oxygen atoms in total. The van der Waals surface area contributed by atoms with E-state index in [-0.39, 0.29) is 5.91 Å². The summed E-state index contributed by atoms with van der Waals surface area (Å²) in [4.78, 5) is 26.2. The van der Waals surface area contributed by atoms with Crippen molar-refractivity contribution < 1.29 is 9.53 Å². The van der Waals surface area contributed by atoms with Crippen LogP contribution in [-0.4, -0.2) is 20.9 Å². The predicted molar refractivity (Wildman–Crippen MR) is 134 cm³/mol. The molecule has 0 saturated heterocycles. The van der Waals surface area contributed by atoms with Crippen LogP contribution in [0.5, 0.6) is 11.6 Å². The van der Waals surface area contributed by atoms with E-state index in [1.165, 1.54) is 0 Å². The van der Waals surface area contributed by atoms with Crippen LogP contribution in [0.1, 0.15) is 54.0 Å². The lowest BCUT2D eigenvalue weighted by Crippen LogP contribution is -2.12. The summed E-state index contributed by atoms with van der Waals surface area (Å²) in [6.07, 6.45) is 4.17. The molecule has 6 heteroatoms. The second kappa shape index (κ2) is 10.3. The first kappa shape index (κ1) is 23.1. The molecule has 0 spiro atoms.